The molecule has 0 aliphatic carbocycles. The van der Waals surface area contributed by atoms with Gasteiger partial charge in [-0.1, -0.05) is 0 Å². The number of hydrogen-bond donors (Lipinski definition) is 1. The third-order valence-corrected chi connectivity index (χ3v) is 4.47. The maximum atomic E-state index is 12.7. The van der Waals surface area contributed by atoms with Crippen molar-refractivity contribution in [3.8, 4) is 0 Å². The van der Waals surface area contributed by atoms with E-state index < -0.39 is 0 Å². The van der Waals surface area contributed by atoms with Crippen molar-refractivity contribution in [1.29, 1.82) is 0 Å². The van der Waals surface area contributed by atoms with Gasteiger partial charge in [-0.3, -0.25) is 4.79 Å². The molecule has 21 heavy (non-hydrogen) atoms. The Hall–Kier alpha value is -1.88. The highest BCUT2D eigenvalue weighted by Gasteiger charge is 2.29. The Morgan fingerprint density at radius 2 is 2.24 bits per heavy atom. The molecule has 112 valence electrons. The number of benzene rings is 1. The summed E-state index contributed by atoms with van der Waals surface area (Å²) < 4.78 is 1.94. The number of aliphatic hydroxyl groups is 1. The molecule has 0 spiro atoms. The number of nitrogens with zero attached hydrogens (tertiary/aromatic N) is 3. The van der Waals surface area contributed by atoms with E-state index in [1.807, 2.05) is 34.7 Å². The van der Waals surface area contributed by atoms with E-state index in [9.17, 15) is 9.90 Å². The van der Waals surface area contributed by atoms with Crippen molar-refractivity contribution in [1.82, 2.24) is 14.5 Å². The lowest BCUT2D eigenvalue weighted by molar-refractivity contribution is 0.0489. The molecule has 1 N–H and O–H groups in total. The Morgan fingerprint density at radius 1 is 1.43 bits per heavy atom. The summed E-state index contributed by atoms with van der Waals surface area (Å²) in [7, 11) is 1.94. The van der Waals surface area contributed by atoms with Gasteiger partial charge in [0, 0.05) is 31.8 Å². The van der Waals surface area contributed by atoms with Gasteiger partial charge in [0.25, 0.3) is 5.91 Å². The number of fused-ring (bicyclic) bond motifs is 1. The van der Waals surface area contributed by atoms with Gasteiger partial charge in [0.05, 0.1) is 17.4 Å². The van der Waals surface area contributed by atoms with Crippen molar-refractivity contribution in [2.45, 2.75) is 25.8 Å². The van der Waals surface area contributed by atoms with Gasteiger partial charge in [0.1, 0.15) is 0 Å². The number of piperidine rings is 1. The van der Waals surface area contributed by atoms with Crippen molar-refractivity contribution in [3.05, 3.63) is 30.1 Å². The van der Waals surface area contributed by atoms with E-state index in [2.05, 4.69) is 11.9 Å². The van der Waals surface area contributed by atoms with Gasteiger partial charge in [0.2, 0.25) is 0 Å². The quantitative estimate of drug-likeness (QED) is 0.916. The lowest BCUT2D eigenvalue weighted by Gasteiger charge is -2.37. The SMILES string of the molecule is CC1CCC(CO)CN1C(=O)c1ccc2c(c1)ncn2C. The van der Waals surface area contributed by atoms with Crippen LogP contribution in [0.5, 0.6) is 0 Å². The molecule has 1 amide bonds. The number of likely N-dealkylation sites (tertiary alicyclic amines) is 1. The third-order valence-electron chi connectivity index (χ3n) is 4.47. The average molecular weight is 287 g/mol. The summed E-state index contributed by atoms with van der Waals surface area (Å²) in [6.07, 6.45) is 3.69. The molecule has 1 aromatic carbocycles. The fourth-order valence-electron chi connectivity index (χ4n) is 3.05. The van der Waals surface area contributed by atoms with Gasteiger partial charge < -0.3 is 14.6 Å². The Kier molecular flexibility index (Phi) is 3.68. The summed E-state index contributed by atoms with van der Waals surface area (Å²) >= 11 is 0. The van der Waals surface area contributed by atoms with Gasteiger partial charge in [-0.05, 0) is 43.9 Å². The number of aliphatic hydroxyl groups excluding tert-OH is 1. The van der Waals surface area contributed by atoms with Crippen LogP contribution in [0.3, 0.4) is 0 Å². The Bertz CT molecular complexity index is 665. The number of rotatable bonds is 2. The molecule has 0 saturated carbocycles. The van der Waals surface area contributed by atoms with Gasteiger partial charge in [0.15, 0.2) is 0 Å². The summed E-state index contributed by atoms with van der Waals surface area (Å²) in [5.74, 6) is 0.233. The Morgan fingerprint density at radius 3 is 3.00 bits per heavy atom. The molecule has 0 bridgehead atoms. The molecular formula is C16H21N3O2. The molecule has 2 unspecified atom stereocenters. The van der Waals surface area contributed by atoms with Gasteiger partial charge in [-0.15, -0.1) is 0 Å². The number of imidazole rings is 1. The number of carbonyl (C=O) groups is 1. The fraction of sp³-hybridized carbons (Fsp3) is 0.500. The number of aromatic nitrogens is 2. The first kappa shape index (κ1) is 14.1. The van der Waals surface area contributed by atoms with E-state index >= 15 is 0 Å². The Labute approximate surface area is 124 Å². The van der Waals surface area contributed by atoms with E-state index in [4.69, 9.17) is 0 Å². The highest BCUT2D eigenvalue weighted by Crippen LogP contribution is 2.24. The van der Waals surface area contributed by atoms with Gasteiger partial charge in [-0.25, -0.2) is 4.98 Å². The zero-order valence-electron chi connectivity index (χ0n) is 12.5. The number of amides is 1. The van der Waals surface area contributed by atoms with E-state index in [1.54, 1.807) is 6.33 Å². The molecule has 5 heteroatoms. The minimum atomic E-state index is 0.0354. The summed E-state index contributed by atoms with van der Waals surface area (Å²) in [6.45, 7) is 2.86. The molecular weight excluding hydrogens is 266 g/mol. The van der Waals surface area contributed by atoms with Crippen LogP contribution in [-0.2, 0) is 7.05 Å². The van der Waals surface area contributed by atoms with Gasteiger partial charge in [-0.2, -0.15) is 0 Å². The molecule has 3 rings (SSSR count). The first-order valence-corrected chi connectivity index (χ1v) is 7.43. The predicted octanol–water partition coefficient (Wildman–Crippen LogP) is 1.81. The second-order valence-electron chi connectivity index (χ2n) is 5.99. The minimum absolute atomic E-state index is 0.0354. The molecule has 1 fully saturated rings. The Balaban J connectivity index is 1.88. The molecule has 0 radical (unpaired) electrons. The molecule has 1 aliphatic heterocycles. The van der Waals surface area contributed by atoms with Gasteiger partial charge >= 0.3 is 0 Å². The predicted molar refractivity (Wildman–Crippen MR) is 81.0 cm³/mol. The smallest absolute Gasteiger partial charge is 0.254 e. The maximum Gasteiger partial charge on any atom is 0.254 e. The standard InChI is InChI=1S/C16H21N3O2/c1-11-3-4-12(9-20)8-19(11)16(21)13-5-6-15-14(7-13)17-10-18(15)2/h5-7,10-12,20H,3-4,8-9H2,1-2H3. The van der Waals surface area contributed by atoms with Crippen molar-refractivity contribution in [3.63, 3.8) is 0 Å². The minimum Gasteiger partial charge on any atom is -0.396 e. The molecule has 2 aromatic rings. The molecule has 2 heterocycles. The third kappa shape index (κ3) is 2.53. The van der Waals surface area contributed by atoms with Crippen LogP contribution < -0.4 is 0 Å². The number of hydrogen-bond acceptors (Lipinski definition) is 3. The summed E-state index contributed by atoms with van der Waals surface area (Å²) in [6, 6.07) is 5.88. The summed E-state index contributed by atoms with van der Waals surface area (Å²) in [5, 5.41) is 9.34. The van der Waals surface area contributed by atoms with E-state index in [-0.39, 0.29) is 24.5 Å². The highest BCUT2D eigenvalue weighted by molar-refractivity contribution is 5.97. The topological polar surface area (TPSA) is 58.4 Å². The van der Waals surface area contributed by atoms with E-state index in [0.29, 0.717) is 12.1 Å². The van der Waals surface area contributed by atoms with Crippen LogP contribution in [0.2, 0.25) is 0 Å². The first-order valence-electron chi connectivity index (χ1n) is 7.43. The highest BCUT2D eigenvalue weighted by atomic mass is 16.3. The second-order valence-corrected chi connectivity index (χ2v) is 5.99. The van der Waals surface area contributed by atoms with Crippen LogP contribution in [0, 0.1) is 5.92 Å². The van der Waals surface area contributed by atoms with Crippen LogP contribution in [0.4, 0.5) is 0 Å². The maximum absolute atomic E-state index is 12.7. The molecule has 5 nitrogen and oxygen atoms in total. The second kappa shape index (κ2) is 5.48. The van der Waals surface area contributed by atoms with Crippen molar-refractivity contribution in [2.24, 2.45) is 13.0 Å². The fourth-order valence-corrected chi connectivity index (χ4v) is 3.05. The molecule has 1 aromatic heterocycles. The van der Waals surface area contributed by atoms with Crippen LogP contribution in [0.1, 0.15) is 30.1 Å². The summed E-state index contributed by atoms with van der Waals surface area (Å²) in [5.41, 5.74) is 2.53. The lowest BCUT2D eigenvalue weighted by atomic mass is 9.93. The number of aryl methyl sites for hydroxylation is 1. The van der Waals surface area contributed by atoms with Crippen LogP contribution >= 0.6 is 0 Å². The van der Waals surface area contributed by atoms with Crippen molar-refractivity contribution >= 4 is 16.9 Å². The molecule has 1 saturated heterocycles. The van der Waals surface area contributed by atoms with E-state index in [1.165, 1.54) is 0 Å². The largest absolute Gasteiger partial charge is 0.396 e. The first-order chi connectivity index (χ1) is 10.1. The number of carbonyl (C=O) groups excluding carboxylic acids is 1. The monoisotopic (exact) mass is 287 g/mol. The van der Waals surface area contributed by atoms with Crippen molar-refractivity contribution in [2.75, 3.05) is 13.2 Å². The molecule has 2 atom stereocenters. The van der Waals surface area contributed by atoms with Crippen LogP contribution in [0.15, 0.2) is 24.5 Å². The van der Waals surface area contributed by atoms with Crippen molar-refractivity contribution < 1.29 is 9.90 Å². The summed E-state index contributed by atoms with van der Waals surface area (Å²) in [4.78, 5) is 18.9. The lowest BCUT2D eigenvalue weighted by Crippen LogP contribution is -2.46. The average Bonchev–Trinajstić information content (AvgIpc) is 2.88. The van der Waals surface area contributed by atoms with Crippen LogP contribution in [-0.4, -0.2) is 44.7 Å². The van der Waals surface area contributed by atoms with E-state index in [0.717, 1.165) is 23.9 Å². The zero-order chi connectivity index (χ0) is 15.0. The zero-order valence-corrected chi connectivity index (χ0v) is 12.5. The van der Waals surface area contributed by atoms with Crippen LogP contribution in [0.25, 0.3) is 11.0 Å². The normalized spacial score (nSPS) is 22.7. The molecule has 1 aliphatic rings.